The van der Waals surface area contributed by atoms with Crippen LogP contribution in [0.4, 0.5) is 0 Å². The van der Waals surface area contributed by atoms with E-state index in [9.17, 15) is 10.2 Å². The van der Waals surface area contributed by atoms with Gasteiger partial charge < -0.3 is 10.2 Å². The third-order valence-electron chi connectivity index (χ3n) is 4.59. The second-order valence-corrected chi connectivity index (χ2v) is 5.87. The minimum absolute atomic E-state index is 0.284. The highest BCUT2D eigenvalue weighted by atomic mass is 16.3. The molecular formula is C20H16O2. The third kappa shape index (κ3) is 1.67. The van der Waals surface area contributed by atoms with Gasteiger partial charge >= 0.3 is 0 Å². The lowest BCUT2D eigenvalue weighted by Gasteiger charge is -2.14. The number of rotatable bonds is 0. The summed E-state index contributed by atoms with van der Waals surface area (Å²) in [6, 6.07) is 15.2. The maximum atomic E-state index is 9.79. The van der Waals surface area contributed by atoms with E-state index in [2.05, 4.69) is 19.9 Å². The molecule has 108 valence electrons. The van der Waals surface area contributed by atoms with E-state index in [1.54, 1.807) is 18.2 Å². The van der Waals surface area contributed by atoms with E-state index in [4.69, 9.17) is 0 Å². The molecule has 2 nitrogen and oxygen atoms in total. The summed E-state index contributed by atoms with van der Waals surface area (Å²) in [5.74, 6) is 0.576. The van der Waals surface area contributed by atoms with Crippen LogP contribution in [-0.4, -0.2) is 10.2 Å². The smallest absolute Gasteiger partial charge is 0.116 e. The van der Waals surface area contributed by atoms with Crippen molar-refractivity contribution in [2.45, 2.75) is 13.8 Å². The summed E-state index contributed by atoms with van der Waals surface area (Å²) in [6.45, 7) is 4.21. The molecule has 0 spiro atoms. The maximum Gasteiger partial charge on any atom is 0.116 e. The highest BCUT2D eigenvalue weighted by Crippen LogP contribution is 2.38. The van der Waals surface area contributed by atoms with Gasteiger partial charge in [-0.1, -0.05) is 24.3 Å². The number of hydrogen-bond donors (Lipinski definition) is 2. The first-order chi connectivity index (χ1) is 10.6. The second kappa shape index (κ2) is 4.38. The van der Waals surface area contributed by atoms with Crippen molar-refractivity contribution in [3.05, 3.63) is 59.7 Å². The Kier molecular flexibility index (Phi) is 2.58. The van der Waals surface area contributed by atoms with Crippen molar-refractivity contribution < 1.29 is 10.2 Å². The quantitative estimate of drug-likeness (QED) is 0.346. The molecule has 0 atom stereocenters. The van der Waals surface area contributed by atoms with Crippen molar-refractivity contribution in [2.24, 2.45) is 0 Å². The van der Waals surface area contributed by atoms with E-state index in [1.165, 1.54) is 21.9 Å². The number of aromatic hydroxyl groups is 2. The number of hydrogen-bond acceptors (Lipinski definition) is 2. The van der Waals surface area contributed by atoms with Crippen LogP contribution in [0.1, 0.15) is 11.1 Å². The minimum Gasteiger partial charge on any atom is -0.508 e. The fraction of sp³-hybridized carbons (Fsp3) is 0.100. The fourth-order valence-electron chi connectivity index (χ4n) is 3.48. The molecule has 0 aromatic heterocycles. The van der Waals surface area contributed by atoms with Crippen LogP contribution in [-0.2, 0) is 0 Å². The van der Waals surface area contributed by atoms with Gasteiger partial charge in [-0.25, -0.2) is 0 Å². The Morgan fingerprint density at radius 1 is 0.591 bits per heavy atom. The Balaban J connectivity index is 2.31. The van der Waals surface area contributed by atoms with Gasteiger partial charge in [0.25, 0.3) is 0 Å². The van der Waals surface area contributed by atoms with Crippen molar-refractivity contribution in [1.29, 1.82) is 0 Å². The Morgan fingerprint density at radius 2 is 1.23 bits per heavy atom. The molecule has 0 amide bonds. The average Bonchev–Trinajstić information content (AvgIpc) is 2.51. The van der Waals surface area contributed by atoms with E-state index in [0.717, 1.165) is 21.5 Å². The van der Waals surface area contributed by atoms with Gasteiger partial charge in [0.1, 0.15) is 11.5 Å². The first-order valence-electron chi connectivity index (χ1n) is 7.33. The Bertz CT molecular complexity index is 1060. The van der Waals surface area contributed by atoms with Crippen LogP contribution in [0.2, 0.25) is 0 Å². The zero-order valence-corrected chi connectivity index (χ0v) is 12.5. The normalized spacial score (nSPS) is 11.5. The molecule has 2 heteroatoms. The molecule has 0 aliphatic rings. The van der Waals surface area contributed by atoms with Crippen LogP contribution in [0, 0.1) is 13.8 Å². The number of phenolic OH excluding ortho intramolecular Hbond substituents is 2. The number of phenols is 2. The molecule has 4 aromatic carbocycles. The molecule has 22 heavy (non-hydrogen) atoms. The Labute approximate surface area is 128 Å². The SMILES string of the molecule is Cc1c2cc(O)ccc2c(C)c2c1ccc1cc(O)ccc12. The van der Waals surface area contributed by atoms with Crippen LogP contribution in [0.25, 0.3) is 32.3 Å². The van der Waals surface area contributed by atoms with Crippen molar-refractivity contribution in [1.82, 2.24) is 0 Å². The predicted octanol–water partition coefficient (Wildman–Crippen LogP) is 5.17. The molecule has 4 rings (SSSR count). The summed E-state index contributed by atoms with van der Waals surface area (Å²) in [6.07, 6.45) is 0. The van der Waals surface area contributed by atoms with Gasteiger partial charge in [-0.15, -0.1) is 0 Å². The van der Waals surface area contributed by atoms with Crippen molar-refractivity contribution >= 4 is 32.3 Å². The summed E-state index contributed by atoms with van der Waals surface area (Å²) < 4.78 is 0. The van der Waals surface area contributed by atoms with Crippen LogP contribution in [0.3, 0.4) is 0 Å². The third-order valence-corrected chi connectivity index (χ3v) is 4.59. The van der Waals surface area contributed by atoms with Crippen LogP contribution in [0.15, 0.2) is 48.5 Å². The highest BCUT2D eigenvalue weighted by molar-refractivity contribution is 6.16. The average molecular weight is 288 g/mol. The molecule has 0 unspecified atom stereocenters. The number of fused-ring (bicyclic) bond motifs is 4. The molecule has 0 bridgehead atoms. The number of aryl methyl sites for hydroxylation is 2. The van der Waals surface area contributed by atoms with Gasteiger partial charge in [-0.05, 0) is 81.6 Å². The molecule has 0 saturated carbocycles. The zero-order chi connectivity index (χ0) is 15.4. The van der Waals surface area contributed by atoms with Crippen molar-refractivity contribution in [2.75, 3.05) is 0 Å². The van der Waals surface area contributed by atoms with Gasteiger partial charge in [0.05, 0.1) is 0 Å². The summed E-state index contributed by atoms with van der Waals surface area (Å²) in [7, 11) is 0. The minimum atomic E-state index is 0.284. The second-order valence-electron chi connectivity index (χ2n) is 5.87. The lowest BCUT2D eigenvalue weighted by Crippen LogP contribution is -1.89. The van der Waals surface area contributed by atoms with Crippen molar-refractivity contribution in [3.8, 4) is 11.5 Å². The molecule has 0 fully saturated rings. The summed E-state index contributed by atoms with van der Waals surface area (Å²) in [5.41, 5.74) is 2.37. The monoisotopic (exact) mass is 288 g/mol. The molecule has 0 aliphatic carbocycles. The predicted molar refractivity (Wildman–Crippen MR) is 91.8 cm³/mol. The lowest BCUT2D eigenvalue weighted by atomic mass is 9.90. The highest BCUT2D eigenvalue weighted by Gasteiger charge is 2.12. The largest absolute Gasteiger partial charge is 0.508 e. The molecule has 2 N–H and O–H groups in total. The summed E-state index contributed by atoms with van der Waals surface area (Å²) in [5, 5.41) is 26.3. The first kappa shape index (κ1) is 13.0. The topological polar surface area (TPSA) is 40.5 Å². The Hall–Kier alpha value is -2.74. The van der Waals surface area contributed by atoms with Gasteiger partial charge in [0.2, 0.25) is 0 Å². The van der Waals surface area contributed by atoms with Crippen LogP contribution >= 0.6 is 0 Å². The lowest BCUT2D eigenvalue weighted by molar-refractivity contribution is 0.475. The molecular weight excluding hydrogens is 272 g/mol. The molecule has 0 heterocycles. The van der Waals surface area contributed by atoms with E-state index >= 15 is 0 Å². The number of benzene rings is 4. The van der Waals surface area contributed by atoms with E-state index in [-0.39, 0.29) is 5.75 Å². The zero-order valence-electron chi connectivity index (χ0n) is 12.5. The summed E-state index contributed by atoms with van der Waals surface area (Å²) in [4.78, 5) is 0. The summed E-state index contributed by atoms with van der Waals surface area (Å²) >= 11 is 0. The van der Waals surface area contributed by atoms with Crippen molar-refractivity contribution in [3.63, 3.8) is 0 Å². The standard InChI is InChI=1S/C20H16O2/c1-11-17-6-3-13-9-14(21)5-8-18(13)20(17)12(2)16-7-4-15(22)10-19(11)16/h3-10,21-22H,1-2H3. The maximum absolute atomic E-state index is 9.79. The molecule has 4 aromatic rings. The fourth-order valence-corrected chi connectivity index (χ4v) is 3.48. The van der Waals surface area contributed by atoms with Crippen LogP contribution in [0.5, 0.6) is 11.5 Å². The van der Waals surface area contributed by atoms with Gasteiger partial charge in [0.15, 0.2) is 0 Å². The molecule has 0 saturated heterocycles. The van der Waals surface area contributed by atoms with Gasteiger partial charge in [0, 0.05) is 0 Å². The van der Waals surface area contributed by atoms with E-state index in [1.807, 2.05) is 24.3 Å². The van der Waals surface area contributed by atoms with Gasteiger partial charge in [-0.3, -0.25) is 0 Å². The first-order valence-corrected chi connectivity index (χ1v) is 7.33. The molecule has 0 radical (unpaired) electrons. The van der Waals surface area contributed by atoms with E-state index in [0.29, 0.717) is 5.75 Å². The Morgan fingerprint density at radius 3 is 2.00 bits per heavy atom. The van der Waals surface area contributed by atoms with Crippen LogP contribution < -0.4 is 0 Å². The molecule has 0 aliphatic heterocycles. The van der Waals surface area contributed by atoms with E-state index < -0.39 is 0 Å². The van der Waals surface area contributed by atoms with Gasteiger partial charge in [-0.2, -0.15) is 0 Å².